The van der Waals surface area contributed by atoms with E-state index in [4.69, 9.17) is 0 Å². The third-order valence-corrected chi connectivity index (χ3v) is 3.56. The number of nitrogens with zero attached hydrogens (tertiary/aromatic N) is 3. The number of anilines is 1. The Morgan fingerprint density at radius 2 is 2.21 bits per heavy atom. The second kappa shape index (κ2) is 2.90. The van der Waals surface area contributed by atoms with Crippen molar-refractivity contribution in [3.05, 3.63) is 17.0 Å². The first-order valence-corrected chi connectivity index (χ1v) is 5.50. The molecule has 5 heteroatoms. The fraction of sp³-hybridized carbons (Fsp3) is 0.556. The summed E-state index contributed by atoms with van der Waals surface area (Å²) in [6.45, 7) is 4.56. The maximum Gasteiger partial charge on any atom is 0.146 e. The Hall–Kier alpha value is -0.680. The number of hydrogen-bond donors (Lipinski definition) is 1. The highest BCUT2D eigenvalue weighted by molar-refractivity contribution is 9.10. The molecule has 0 radical (unpaired) electrons. The molecule has 0 unspecified atom stereocenters. The minimum absolute atomic E-state index is 0.546. The molecule has 0 amide bonds. The second-order valence-corrected chi connectivity index (χ2v) is 5.01. The largest absolute Gasteiger partial charge is 0.354 e. The number of hydrogen-bond acceptors (Lipinski definition) is 4. The van der Waals surface area contributed by atoms with E-state index in [0.717, 1.165) is 36.5 Å². The molecule has 3 rings (SSSR count). The van der Waals surface area contributed by atoms with Crippen LogP contribution in [0.4, 0.5) is 5.82 Å². The molecule has 14 heavy (non-hydrogen) atoms. The van der Waals surface area contributed by atoms with E-state index in [-0.39, 0.29) is 0 Å². The second-order valence-electron chi connectivity index (χ2n) is 4.15. The summed E-state index contributed by atoms with van der Waals surface area (Å²) in [6.07, 6.45) is 3.40. The van der Waals surface area contributed by atoms with Crippen LogP contribution < -0.4 is 10.2 Å². The van der Waals surface area contributed by atoms with Gasteiger partial charge in [0.2, 0.25) is 0 Å². The lowest BCUT2D eigenvalue weighted by Gasteiger charge is -2.56. The number of halogens is 1. The lowest BCUT2D eigenvalue weighted by Crippen LogP contribution is -2.71. The molecule has 0 bridgehead atoms. The zero-order valence-corrected chi connectivity index (χ0v) is 9.29. The highest BCUT2D eigenvalue weighted by atomic mass is 79.9. The molecule has 2 aliphatic rings. The van der Waals surface area contributed by atoms with Gasteiger partial charge < -0.3 is 10.2 Å². The van der Waals surface area contributed by atoms with Crippen LogP contribution in [-0.2, 0) is 0 Å². The van der Waals surface area contributed by atoms with Crippen LogP contribution in [0.1, 0.15) is 0 Å². The third kappa shape index (κ3) is 1.15. The van der Waals surface area contributed by atoms with Gasteiger partial charge in [-0.15, -0.1) is 0 Å². The molecule has 1 spiro atoms. The average molecular weight is 255 g/mol. The third-order valence-electron chi connectivity index (χ3n) is 3.00. The van der Waals surface area contributed by atoms with Crippen LogP contribution in [0.25, 0.3) is 0 Å². The molecular formula is C9H11BrN4. The molecule has 1 aromatic rings. The van der Waals surface area contributed by atoms with E-state index in [2.05, 4.69) is 36.1 Å². The average Bonchev–Trinajstić information content (AvgIpc) is 2.03. The molecule has 1 aromatic heterocycles. The van der Waals surface area contributed by atoms with Crippen molar-refractivity contribution < 1.29 is 0 Å². The van der Waals surface area contributed by atoms with Gasteiger partial charge >= 0.3 is 0 Å². The molecule has 2 saturated heterocycles. The molecule has 0 atom stereocenters. The maximum absolute atomic E-state index is 4.27. The summed E-state index contributed by atoms with van der Waals surface area (Å²) < 4.78 is 0.988. The molecule has 0 aliphatic carbocycles. The SMILES string of the molecule is Brc1cncnc1N1CC2(CNC2)C1. The Balaban J connectivity index is 1.76. The van der Waals surface area contributed by atoms with Crippen molar-refractivity contribution in [2.45, 2.75) is 0 Å². The zero-order chi connectivity index (χ0) is 9.60. The maximum atomic E-state index is 4.27. The lowest BCUT2D eigenvalue weighted by molar-refractivity contribution is 0.120. The summed E-state index contributed by atoms with van der Waals surface area (Å²) in [5, 5.41) is 3.32. The van der Waals surface area contributed by atoms with Gasteiger partial charge in [0.15, 0.2) is 0 Å². The normalized spacial score (nSPS) is 23.1. The molecule has 2 fully saturated rings. The van der Waals surface area contributed by atoms with Gasteiger partial charge in [0.1, 0.15) is 12.1 Å². The summed E-state index contributed by atoms with van der Waals surface area (Å²) in [7, 11) is 0. The van der Waals surface area contributed by atoms with Gasteiger partial charge in [0, 0.05) is 37.8 Å². The molecule has 1 N–H and O–H groups in total. The van der Waals surface area contributed by atoms with E-state index in [9.17, 15) is 0 Å². The van der Waals surface area contributed by atoms with Crippen LogP contribution in [0.5, 0.6) is 0 Å². The summed E-state index contributed by atoms with van der Waals surface area (Å²) in [6, 6.07) is 0. The van der Waals surface area contributed by atoms with Gasteiger partial charge in [-0.05, 0) is 15.9 Å². The molecule has 3 heterocycles. The summed E-state index contributed by atoms with van der Waals surface area (Å²) in [5.41, 5.74) is 0.546. The van der Waals surface area contributed by atoms with Crippen LogP contribution in [0.3, 0.4) is 0 Å². The molecule has 0 aromatic carbocycles. The minimum Gasteiger partial charge on any atom is -0.354 e. The highest BCUT2D eigenvalue weighted by Crippen LogP contribution is 2.38. The van der Waals surface area contributed by atoms with Crippen molar-refractivity contribution >= 4 is 21.7 Å². The molecule has 2 aliphatic heterocycles. The monoisotopic (exact) mass is 254 g/mol. The Labute approximate surface area is 90.9 Å². The van der Waals surface area contributed by atoms with Crippen molar-refractivity contribution in [3.8, 4) is 0 Å². The van der Waals surface area contributed by atoms with E-state index in [1.807, 2.05) is 0 Å². The van der Waals surface area contributed by atoms with Crippen molar-refractivity contribution in [1.82, 2.24) is 15.3 Å². The Kier molecular flexibility index (Phi) is 1.79. The number of rotatable bonds is 1. The van der Waals surface area contributed by atoms with E-state index in [1.165, 1.54) is 0 Å². The van der Waals surface area contributed by atoms with E-state index < -0.39 is 0 Å². The topological polar surface area (TPSA) is 41.1 Å². The lowest BCUT2D eigenvalue weighted by atomic mass is 9.74. The van der Waals surface area contributed by atoms with Crippen LogP contribution in [-0.4, -0.2) is 36.1 Å². The van der Waals surface area contributed by atoms with Gasteiger partial charge in [0.25, 0.3) is 0 Å². The molecular weight excluding hydrogens is 244 g/mol. The van der Waals surface area contributed by atoms with Crippen molar-refractivity contribution in [1.29, 1.82) is 0 Å². The standard InChI is InChI=1S/C9H11BrN4/c10-7-1-11-6-13-8(7)14-4-9(5-14)2-12-3-9/h1,6,12H,2-5H2. The van der Waals surface area contributed by atoms with Gasteiger partial charge in [-0.25, -0.2) is 9.97 Å². The van der Waals surface area contributed by atoms with Crippen molar-refractivity contribution in [3.63, 3.8) is 0 Å². The Morgan fingerprint density at radius 3 is 2.79 bits per heavy atom. The number of aromatic nitrogens is 2. The smallest absolute Gasteiger partial charge is 0.146 e. The summed E-state index contributed by atoms with van der Waals surface area (Å²) >= 11 is 3.47. The molecule has 74 valence electrons. The predicted molar refractivity (Wildman–Crippen MR) is 57.2 cm³/mol. The molecule has 4 nitrogen and oxygen atoms in total. The van der Waals surface area contributed by atoms with Crippen LogP contribution in [0.2, 0.25) is 0 Å². The Morgan fingerprint density at radius 1 is 1.43 bits per heavy atom. The zero-order valence-electron chi connectivity index (χ0n) is 7.70. The predicted octanol–water partition coefficient (Wildman–Crippen LogP) is 0.649. The Bertz CT molecular complexity index is 356. The minimum atomic E-state index is 0.546. The molecule has 0 saturated carbocycles. The van der Waals surface area contributed by atoms with Crippen molar-refractivity contribution in [2.24, 2.45) is 5.41 Å². The van der Waals surface area contributed by atoms with E-state index in [0.29, 0.717) is 5.41 Å². The highest BCUT2D eigenvalue weighted by Gasteiger charge is 2.48. The fourth-order valence-electron chi connectivity index (χ4n) is 2.15. The van der Waals surface area contributed by atoms with Gasteiger partial charge in [-0.3, -0.25) is 0 Å². The number of nitrogens with one attached hydrogen (secondary N) is 1. The van der Waals surface area contributed by atoms with Crippen LogP contribution in [0.15, 0.2) is 17.0 Å². The van der Waals surface area contributed by atoms with Gasteiger partial charge in [-0.2, -0.15) is 0 Å². The van der Waals surface area contributed by atoms with Gasteiger partial charge in [0.05, 0.1) is 4.47 Å². The first-order valence-electron chi connectivity index (χ1n) is 4.70. The van der Waals surface area contributed by atoms with Crippen LogP contribution >= 0.6 is 15.9 Å². The quantitative estimate of drug-likeness (QED) is 0.800. The fourth-order valence-corrected chi connectivity index (χ4v) is 2.63. The summed E-state index contributed by atoms with van der Waals surface area (Å²) in [4.78, 5) is 10.5. The van der Waals surface area contributed by atoms with E-state index >= 15 is 0 Å². The summed E-state index contributed by atoms with van der Waals surface area (Å²) in [5.74, 6) is 1.03. The van der Waals surface area contributed by atoms with Gasteiger partial charge in [-0.1, -0.05) is 0 Å². The van der Waals surface area contributed by atoms with Crippen LogP contribution in [0, 0.1) is 5.41 Å². The first-order chi connectivity index (χ1) is 6.79. The first kappa shape index (κ1) is 8.61. The van der Waals surface area contributed by atoms with E-state index in [1.54, 1.807) is 12.5 Å². The van der Waals surface area contributed by atoms with Crippen molar-refractivity contribution in [2.75, 3.05) is 31.1 Å².